The van der Waals surface area contributed by atoms with E-state index in [1.807, 2.05) is 28.7 Å². The molecule has 136 valence electrons. The number of rotatable bonds is 4. The summed E-state index contributed by atoms with van der Waals surface area (Å²) < 4.78 is 1.85. The lowest BCUT2D eigenvalue weighted by Crippen LogP contribution is -2.42. The van der Waals surface area contributed by atoms with E-state index in [4.69, 9.17) is 11.6 Å². The van der Waals surface area contributed by atoms with Crippen LogP contribution in [0, 0.1) is 0 Å². The van der Waals surface area contributed by atoms with Gasteiger partial charge in [0.05, 0.1) is 16.8 Å². The number of para-hydroxylation sites is 2. The molecule has 2 heterocycles. The van der Waals surface area contributed by atoms with E-state index in [2.05, 4.69) is 26.0 Å². The number of benzene rings is 2. The van der Waals surface area contributed by atoms with Gasteiger partial charge in [-0.05, 0) is 36.4 Å². The van der Waals surface area contributed by atoms with Gasteiger partial charge in [0.2, 0.25) is 11.7 Å². The Bertz CT molecular complexity index is 1140. The molecule has 0 unspecified atom stereocenters. The highest BCUT2D eigenvalue weighted by atomic mass is 35.5. The van der Waals surface area contributed by atoms with Crippen LogP contribution in [0.5, 0.6) is 0 Å². The molecule has 8 nitrogen and oxygen atoms in total. The topological polar surface area (TPSA) is 104 Å². The number of hydrogen-bond acceptors (Lipinski definition) is 5. The molecule has 3 N–H and O–H groups in total. The van der Waals surface area contributed by atoms with Gasteiger partial charge in [0.1, 0.15) is 0 Å². The maximum absolute atomic E-state index is 12.0. The third-order valence-corrected chi connectivity index (χ3v) is 4.95. The number of amides is 2. The van der Waals surface area contributed by atoms with Gasteiger partial charge in [-0.2, -0.15) is 0 Å². The van der Waals surface area contributed by atoms with Crippen LogP contribution in [-0.4, -0.2) is 37.1 Å². The predicted octanol–water partition coefficient (Wildman–Crippen LogP) is 2.42. The summed E-state index contributed by atoms with van der Waals surface area (Å²) in [6.07, 6.45) is 0. The number of hydrogen-bond donors (Lipinski definition) is 3. The molecule has 2 aromatic carbocycles. The van der Waals surface area contributed by atoms with Crippen molar-refractivity contribution in [3.63, 3.8) is 0 Å². The van der Waals surface area contributed by atoms with Crippen molar-refractivity contribution in [2.45, 2.75) is 5.16 Å². The molecule has 0 aliphatic rings. The van der Waals surface area contributed by atoms with Gasteiger partial charge in [-0.3, -0.25) is 24.8 Å². The molecule has 4 aromatic rings. The summed E-state index contributed by atoms with van der Waals surface area (Å²) in [6.45, 7) is 0. The Morgan fingerprint density at radius 3 is 2.70 bits per heavy atom. The molecule has 2 amide bonds. The first-order chi connectivity index (χ1) is 13.1. The fourth-order valence-electron chi connectivity index (χ4n) is 2.51. The number of imidazole rings is 1. The average Bonchev–Trinajstić information content (AvgIpc) is 3.24. The molecule has 0 aliphatic carbocycles. The van der Waals surface area contributed by atoms with Gasteiger partial charge in [-0.1, -0.05) is 35.5 Å². The first kappa shape index (κ1) is 17.4. The quantitative estimate of drug-likeness (QED) is 0.360. The number of hydrazine groups is 1. The number of carbonyl (C=O) groups excluding carboxylic acids is 2. The first-order valence-electron chi connectivity index (χ1n) is 7.91. The number of aromatic amines is 1. The van der Waals surface area contributed by atoms with E-state index in [1.165, 1.54) is 11.8 Å². The van der Waals surface area contributed by atoms with Crippen molar-refractivity contribution < 1.29 is 9.59 Å². The Kier molecular flexibility index (Phi) is 4.69. The molecule has 0 aliphatic heterocycles. The van der Waals surface area contributed by atoms with Crippen molar-refractivity contribution in [2.24, 2.45) is 0 Å². The highest BCUT2D eigenvalue weighted by Crippen LogP contribution is 2.22. The molecule has 0 saturated carbocycles. The van der Waals surface area contributed by atoms with E-state index in [0.717, 1.165) is 11.0 Å². The van der Waals surface area contributed by atoms with Crippen molar-refractivity contribution >= 4 is 52.0 Å². The van der Waals surface area contributed by atoms with E-state index in [1.54, 1.807) is 24.3 Å². The number of nitrogens with one attached hydrogen (secondary N) is 3. The van der Waals surface area contributed by atoms with Crippen molar-refractivity contribution in [3.8, 4) is 0 Å². The highest BCUT2D eigenvalue weighted by molar-refractivity contribution is 7.99. The SMILES string of the molecule is O=C(CSc1n[nH]c2nc3ccccc3n12)NNC(=O)c1ccc(Cl)cc1. The van der Waals surface area contributed by atoms with Gasteiger partial charge in [0.15, 0.2) is 5.16 Å². The van der Waals surface area contributed by atoms with Gasteiger partial charge >= 0.3 is 0 Å². The molecule has 10 heteroatoms. The number of nitrogens with zero attached hydrogens (tertiary/aromatic N) is 3. The lowest BCUT2D eigenvalue weighted by Gasteiger charge is -2.07. The van der Waals surface area contributed by atoms with Crippen LogP contribution in [0.4, 0.5) is 0 Å². The summed E-state index contributed by atoms with van der Waals surface area (Å²) in [7, 11) is 0. The molecule has 0 bridgehead atoms. The van der Waals surface area contributed by atoms with E-state index >= 15 is 0 Å². The van der Waals surface area contributed by atoms with E-state index < -0.39 is 5.91 Å². The Balaban J connectivity index is 1.37. The number of carbonyl (C=O) groups is 2. The van der Waals surface area contributed by atoms with Gasteiger partial charge in [-0.15, -0.1) is 5.10 Å². The Morgan fingerprint density at radius 1 is 1.11 bits per heavy atom. The zero-order chi connectivity index (χ0) is 18.8. The summed E-state index contributed by atoms with van der Waals surface area (Å²) in [5.74, 6) is -0.0984. The number of thioether (sulfide) groups is 1. The minimum Gasteiger partial charge on any atom is -0.272 e. The summed E-state index contributed by atoms with van der Waals surface area (Å²) in [5.41, 5.74) is 6.89. The van der Waals surface area contributed by atoms with Gasteiger partial charge in [0.25, 0.3) is 5.91 Å². The molecular weight excluding hydrogens is 388 g/mol. The standard InChI is InChI=1S/C17H13ClN6O2S/c18-11-7-5-10(6-8-11)15(26)21-20-14(25)9-27-17-23-22-16-19-12-3-1-2-4-13(12)24(16)17/h1-8H,9H2,(H,19,22)(H,20,25)(H,21,26). The van der Waals surface area contributed by atoms with Crippen LogP contribution in [0.1, 0.15) is 10.4 Å². The number of aromatic nitrogens is 4. The number of fused-ring (bicyclic) bond motifs is 3. The predicted molar refractivity (Wildman–Crippen MR) is 103 cm³/mol. The van der Waals surface area contributed by atoms with Gasteiger partial charge in [0, 0.05) is 10.6 Å². The van der Waals surface area contributed by atoms with Crippen LogP contribution in [0.2, 0.25) is 5.02 Å². The molecule has 0 fully saturated rings. The Morgan fingerprint density at radius 2 is 1.89 bits per heavy atom. The molecule has 4 rings (SSSR count). The maximum atomic E-state index is 12.0. The van der Waals surface area contributed by atoms with Crippen molar-refractivity contribution in [1.82, 2.24) is 30.4 Å². The molecule has 0 atom stereocenters. The summed E-state index contributed by atoms with van der Waals surface area (Å²) in [6, 6.07) is 14.0. The second-order valence-electron chi connectivity index (χ2n) is 5.56. The van der Waals surface area contributed by atoms with E-state index in [-0.39, 0.29) is 11.7 Å². The zero-order valence-electron chi connectivity index (χ0n) is 13.8. The summed E-state index contributed by atoms with van der Waals surface area (Å²) in [5, 5.41) is 8.17. The van der Waals surface area contributed by atoms with Crippen LogP contribution in [0.25, 0.3) is 16.8 Å². The van der Waals surface area contributed by atoms with Crippen LogP contribution in [0.3, 0.4) is 0 Å². The van der Waals surface area contributed by atoms with Crippen LogP contribution < -0.4 is 10.9 Å². The van der Waals surface area contributed by atoms with Gasteiger partial charge in [-0.25, -0.2) is 10.1 Å². The lowest BCUT2D eigenvalue weighted by atomic mass is 10.2. The Labute approximate surface area is 162 Å². The third kappa shape index (κ3) is 3.60. The molecule has 0 spiro atoms. The fraction of sp³-hybridized carbons (Fsp3) is 0.0588. The highest BCUT2D eigenvalue weighted by Gasteiger charge is 2.14. The summed E-state index contributed by atoms with van der Waals surface area (Å²) >= 11 is 7.02. The number of H-pyrrole nitrogens is 1. The summed E-state index contributed by atoms with van der Waals surface area (Å²) in [4.78, 5) is 28.4. The lowest BCUT2D eigenvalue weighted by molar-refractivity contribution is -0.119. The zero-order valence-corrected chi connectivity index (χ0v) is 15.3. The van der Waals surface area contributed by atoms with Crippen molar-refractivity contribution in [3.05, 3.63) is 59.1 Å². The second kappa shape index (κ2) is 7.29. The minimum atomic E-state index is -0.423. The molecule has 27 heavy (non-hydrogen) atoms. The fourth-order valence-corrected chi connectivity index (χ4v) is 3.39. The largest absolute Gasteiger partial charge is 0.272 e. The normalized spacial score (nSPS) is 11.0. The van der Waals surface area contributed by atoms with E-state index in [0.29, 0.717) is 21.5 Å². The number of halogens is 1. The molecule has 0 saturated heterocycles. The Hall–Kier alpha value is -3.04. The van der Waals surface area contributed by atoms with Crippen molar-refractivity contribution in [2.75, 3.05) is 5.75 Å². The second-order valence-corrected chi connectivity index (χ2v) is 6.94. The van der Waals surface area contributed by atoms with Crippen LogP contribution in [-0.2, 0) is 4.79 Å². The molecule has 0 radical (unpaired) electrons. The van der Waals surface area contributed by atoms with Crippen LogP contribution >= 0.6 is 23.4 Å². The smallest absolute Gasteiger partial charge is 0.269 e. The van der Waals surface area contributed by atoms with E-state index in [9.17, 15) is 9.59 Å². The minimum absolute atomic E-state index is 0.0767. The van der Waals surface area contributed by atoms with Crippen molar-refractivity contribution in [1.29, 1.82) is 0 Å². The monoisotopic (exact) mass is 400 g/mol. The van der Waals surface area contributed by atoms with Gasteiger partial charge < -0.3 is 0 Å². The third-order valence-electron chi connectivity index (χ3n) is 3.76. The first-order valence-corrected chi connectivity index (χ1v) is 9.27. The average molecular weight is 401 g/mol. The molecule has 2 aromatic heterocycles. The molecular formula is C17H13ClN6O2S. The van der Waals surface area contributed by atoms with Crippen LogP contribution in [0.15, 0.2) is 53.7 Å². The maximum Gasteiger partial charge on any atom is 0.269 e.